The number of halogens is 1. The van der Waals surface area contributed by atoms with Gasteiger partial charge in [0.05, 0.1) is 22.7 Å². The van der Waals surface area contributed by atoms with E-state index in [-0.39, 0.29) is 17.7 Å². The maximum absolute atomic E-state index is 13.4. The zero-order chi connectivity index (χ0) is 25.8. The standard InChI is InChI=1S/C26H20FN9O/c27-20-5-17(9-30-14-20)12-34-26(37)22-6-16(8-28)11-32-24(22)31-10-15-1-3-18(4-2-15)19-7-21-23(29)35-36-25(21)33-13-19/h1-7,9,11,13-14H,10,12H2,(H,31,32)(H,34,37)(H3,29,33,35,36). The van der Waals surface area contributed by atoms with E-state index in [4.69, 9.17) is 5.73 Å². The SMILES string of the molecule is N#Cc1cnc(NCc2ccc(-c3cnc4n[nH]c(N)c4c3)cc2)c(C(=O)NCc2cncc(F)c2)c1. The number of nitrogens with zero attached hydrogens (tertiary/aromatic N) is 5. The second-order valence-corrected chi connectivity index (χ2v) is 8.21. The van der Waals surface area contributed by atoms with Crippen molar-refractivity contribution < 1.29 is 9.18 Å². The molecule has 0 aliphatic heterocycles. The highest BCUT2D eigenvalue weighted by Crippen LogP contribution is 2.25. The molecule has 0 atom stereocenters. The summed E-state index contributed by atoms with van der Waals surface area (Å²) in [5.74, 6) is -0.153. The molecule has 0 radical (unpaired) electrons. The number of amides is 1. The molecule has 5 N–H and O–H groups in total. The maximum atomic E-state index is 13.4. The van der Waals surface area contributed by atoms with Crippen molar-refractivity contribution in [1.29, 1.82) is 5.26 Å². The van der Waals surface area contributed by atoms with Crippen LogP contribution in [0.15, 0.2) is 67.3 Å². The highest BCUT2D eigenvalue weighted by Gasteiger charge is 2.15. The van der Waals surface area contributed by atoms with Gasteiger partial charge >= 0.3 is 0 Å². The molecule has 0 saturated heterocycles. The monoisotopic (exact) mass is 493 g/mol. The Morgan fingerprint density at radius 1 is 1.00 bits per heavy atom. The van der Waals surface area contributed by atoms with Crippen LogP contribution in [0.25, 0.3) is 22.2 Å². The summed E-state index contributed by atoms with van der Waals surface area (Å²) >= 11 is 0. The summed E-state index contributed by atoms with van der Waals surface area (Å²) in [7, 11) is 0. The van der Waals surface area contributed by atoms with E-state index in [0.717, 1.165) is 28.3 Å². The Morgan fingerprint density at radius 3 is 2.62 bits per heavy atom. The average Bonchev–Trinajstić information content (AvgIpc) is 3.30. The smallest absolute Gasteiger partial charge is 0.255 e. The second-order valence-electron chi connectivity index (χ2n) is 8.21. The van der Waals surface area contributed by atoms with E-state index in [0.29, 0.717) is 29.4 Å². The van der Waals surface area contributed by atoms with Gasteiger partial charge in [0, 0.05) is 37.2 Å². The van der Waals surface area contributed by atoms with Crippen LogP contribution in [0.1, 0.15) is 27.0 Å². The number of nitrogens with one attached hydrogen (secondary N) is 3. The van der Waals surface area contributed by atoms with Gasteiger partial charge in [-0.2, -0.15) is 10.4 Å². The lowest BCUT2D eigenvalue weighted by molar-refractivity contribution is 0.0951. The lowest BCUT2D eigenvalue weighted by Gasteiger charge is -2.12. The number of hydrogen-bond acceptors (Lipinski definition) is 8. The molecule has 4 aromatic heterocycles. The Bertz CT molecular complexity index is 1640. The molecule has 182 valence electrons. The predicted octanol–water partition coefficient (Wildman–Crippen LogP) is 3.55. The number of fused-ring (bicyclic) bond motifs is 1. The van der Waals surface area contributed by atoms with Crippen molar-refractivity contribution in [2.24, 2.45) is 0 Å². The summed E-state index contributed by atoms with van der Waals surface area (Å²) in [6, 6.07) is 14.5. The van der Waals surface area contributed by atoms with Crippen LogP contribution in [0.4, 0.5) is 16.0 Å². The van der Waals surface area contributed by atoms with Gasteiger partial charge in [0.2, 0.25) is 0 Å². The van der Waals surface area contributed by atoms with Crippen LogP contribution in [0.2, 0.25) is 0 Å². The molecule has 0 fully saturated rings. The number of nitrogen functional groups attached to an aromatic ring is 1. The van der Waals surface area contributed by atoms with E-state index in [1.54, 1.807) is 6.20 Å². The number of aromatic nitrogens is 5. The predicted molar refractivity (Wildman–Crippen MR) is 135 cm³/mol. The molecular weight excluding hydrogens is 473 g/mol. The summed E-state index contributed by atoms with van der Waals surface area (Å²) in [4.78, 5) is 25.2. The van der Waals surface area contributed by atoms with Crippen molar-refractivity contribution in [1.82, 2.24) is 30.5 Å². The van der Waals surface area contributed by atoms with Crippen LogP contribution in [-0.2, 0) is 13.1 Å². The molecule has 0 saturated carbocycles. The van der Waals surface area contributed by atoms with E-state index < -0.39 is 11.7 Å². The first-order chi connectivity index (χ1) is 18.0. The molecule has 0 bridgehead atoms. The fraction of sp³-hybridized carbons (Fsp3) is 0.0769. The zero-order valence-electron chi connectivity index (χ0n) is 19.4. The number of nitriles is 1. The number of H-pyrrole nitrogens is 1. The highest BCUT2D eigenvalue weighted by atomic mass is 19.1. The topological polar surface area (TPSA) is 158 Å². The van der Waals surface area contributed by atoms with E-state index in [2.05, 4.69) is 35.8 Å². The number of pyridine rings is 3. The van der Waals surface area contributed by atoms with Gasteiger partial charge in [0.1, 0.15) is 23.5 Å². The minimum absolute atomic E-state index is 0.0758. The van der Waals surface area contributed by atoms with Crippen LogP contribution < -0.4 is 16.4 Å². The van der Waals surface area contributed by atoms with Crippen molar-refractivity contribution >= 4 is 28.6 Å². The lowest BCUT2D eigenvalue weighted by Crippen LogP contribution is -2.24. The minimum atomic E-state index is -0.490. The van der Waals surface area contributed by atoms with Gasteiger partial charge in [-0.25, -0.2) is 14.4 Å². The summed E-state index contributed by atoms with van der Waals surface area (Å²) < 4.78 is 13.4. The Labute approximate surface area is 210 Å². The van der Waals surface area contributed by atoms with Crippen LogP contribution in [0, 0.1) is 17.1 Å². The van der Waals surface area contributed by atoms with Gasteiger partial charge in [0.15, 0.2) is 5.65 Å². The molecular formula is C26H20FN9O. The summed E-state index contributed by atoms with van der Waals surface area (Å²) in [5, 5.41) is 22.7. The number of nitrogens with two attached hydrogens (primary N) is 1. The molecule has 11 heteroatoms. The molecule has 1 amide bonds. The number of hydrogen-bond donors (Lipinski definition) is 4. The fourth-order valence-electron chi connectivity index (χ4n) is 3.75. The third kappa shape index (κ3) is 5.18. The summed E-state index contributed by atoms with van der Waals surface area (Å²) in [5.41, 5.74) is 10.2. The molecule has 37 heavy (non-hydrogen) atoms. The van der Waals surface area contributed by atoms with Crippen molar-refractivity contribution in [2.45, 2.75) is 13.1 Å². The Balaban J connectivity index is 1.29. The third-order valence-corrected chi connectivity index (χ3v) is 5.66. The van der Waals surface area contributed by atoms with Gasteiger partial charge in [-0.15, -0.1) is 0 Å². The highest BCUT2D eigenvalue weighted by molar-refractivity contribution is 5.99. The van der Waals surface area contributed by atoms with Crippen LogP contribution in [-0.4, -0.2) is 31.1 Å². The molecule has 0 aliphatic rings. The molecule has 10 nitrogen and oxygen atoms in total. The summed E-state index contributed by atoms with van der Waals surface area (Å²) in [6.45, 7) is 0.464. The fourth-order valence-corrected chi connectivity index (χ4v) is 3.75. The Hall–Kier alpha value is -5.37. The molecule has 0 spiro atoms. The number of benzene rings is 1. The quantitative estimate of drug-likeness (QED) is 0.268. The normalized spacial score (nSPS) is 10.7. The van der Waals surface area contributed by atoms with E-state index in [9.17, 15) is 14.4 Å². The minimum Gasteiger partial charge on any atom is -0.384 e. The van der Waals surface area contributed by atoms with Gasteiger partial charge in [-0.1, -0.05) is 24.3 Å². The van der Waals surface area contributed by atoms with Gasteiger partial charge in [-0.05, 0) is 34.9 Å². The van der Waals surface area contributed by atoms with E-state index >= 15 is 0 Å². The largest absolute Gasteiger partial charge is 0.384 e. The van der Waals surface area contributed by atoms with Crippen LogP contribution in [0.3, 0.4) is 0 Å². The molecule has 5 rings (SSSR count). The van der Waals surface area contributed by atoms with Gasteiger partial charge in [0.25, 0.3) is 5.91 Å². The van der Waals surface area contributed by atoms with Crippen molar-refractivity contribution in [3.05, 3.63) is 95.3 Å². The van der Waals surface area contributed by atoms with Crippen LogP contribution in [0.5, 0.6) is 0 Å². The van der Waals surface area contributed by atoms with Crippen molar-refractivity contribution in [3.63, 3.8) is 0 Å². The summed E-state index contributed by atoms with van der Waals surface area (Å²) in [6.07, 6.45) is 5.68. The molecule has 0 unspecified atom stereocenters. The zero-order valence-corrected chi connectivity index (χ0v) is 19.4. The van der Waals surface area contributed by atoms with Crippen LogP contribution >= 0.6 is 0 Å². The number of rotatable bonds is 7. The molecule has 5 aromatic rings. The van der Waals surface area contributed by atoms with E-state index in [1.807, 2.05) is 36.4 Å². The number of carbonyl (C=O) groups is 1. The first-order valence-electron chi connectivity index (χ1n) is 11.2. The lowest BCUT2D eigenvalue weighted by atomic mass is 10.0. The first kappa shape index (κ1) is 23.4. The van der Waals surface area contributed by atoms with Gasteiger partial charge in [-0.3, -0.25) is 14.9 Å². The van der Waals surface area contributed by atoms with E-state index in [1.165, 1.54) is 24.5 Å². The van der Waals surface area contributed by atoms with Crippen molar-refractivity contribution in [3.8, 4) is 17.2 Å². The maximum Gasteiger partial charge on any atom is 0.255 e. The molecule has 4 heterocycles. The third-order valence-electron chi connectivity index (χ3n) is 5.66. The Morgan fingerprint density at radius 2 is 1.84 bits per heavy atom. The Kier molecular flexibility index (Phi) is 6.37. The molecule has 1 aromatic carbocycles. The van der Waals surface area contributed by atoms with Gasteiger partial charge < -0.3 is 16.4 Å². The second kappa shape index (κ2) is 10.1. The number of aromatic amines is 1. The number of carbonyl (C=O) groups excluding carboxylic acids is 1. The van der Waals surface area contributed by atoms with Crippen molar-refractivity contribution in [2.75, 3.05) is 11.1 Å². The molecule has 0 aliphatic carbocycles. The average molecular weight is 494 g/mol. The number of anilines is 2. The first-order valence-corrected chi connectivity index (χ1v) is 11.2.